The van der Waals surface area contributed by atoms with Crippen LogP contribution in [0.4, 0.5) is 18.9 Å². The molecule has 8 nitrogen and oxygen atoms in total. The third-order valence-electron chi connectivity index (χ3n) is 5.95. The predicted molar refractivity (Wildman–Crippen MR) is 120 cm³/mol. The summed E-state index contributed by atoms with van der Waals surface area (Å²) in [5, 5.41) is 5.60. The third kappa shape index (κ3) is 5.93. The molecule has 0 saturated heterocycles. The fourth-order valence-corrected chi connectivity index (χ4v) is 5.44. The van der Waals surface area contributed by atoms with Gasteiger partial charge >= 0.3 is 12.1 Å². The highest BCUT2D eigenvalue weighted by molar-refractivity contribution is 7.89. The molecule has 1 amide bonds. The lowest BCUT2D eigenvalue weighted by molar-refractivity contribution is -0.137. The number of carbonyl (C=O) groups is 2. The van der Waals surface area contributed by atoms with Crippen molar-refractivity contribution in [1.29, 1.82) is 0 Å². The topological polar surface area (TPSA) is 114 Å². The predicted octanol–water partition coefficient (Wildman–Crippen LogP) is 3.71. The first kappa shape index (κ1) is 25.0. The Balaban J connectivity index is 1.40. The summed E-state index contributed by atoms with van der Waals surface area (Å²) in [5.41, 5.74) is -0.665. The lowest BCUT2D eigenvalue weighted by Crippen LogP contribution is -2.38. The molecule has 35 heavy (non-hydrogen) atoms. The number of alkyl halides is 3. The molecule has 12 heteroatoms. The van der Waals surface area contributed by atoms with Gasteiger partial charge in [0.05, 0.1) is 16.8 Å². The highest BCUT2D eigenvalue weighted by Crippen LogP contribution is 2.37. The van der Waals surface area contributed by atoms with E-state index in [9.17, 15) is 31.2 Å². The standard InChI is InChI=1S/C23H24F3N3O5S/c24-23(25,26)16-10-11-19-18(12-16)28-21(29-35(19,32)33)14-6-8-15(9-7-14)22(31)34-13-20(30)27-17-4-2-1-3-5-17/h6-12,17,21,28-29H,1-5,13H2,(H,27,30). The van der Waals surface area contributed by atoms with Gasteiger partial charge in [0.1, 0.15) is 11.1 Å². The van der Waals surface area contributed by atoms with Gasteiger partial charge in [0.25, 0.3) is 5.91 Å². The first-order valence-corrected chi connectivity index (χ1v) is 12.6. The van der Waals surface area contributed by atoms with Crippen molar-refractivity contribution in [3.63, 3.8) is 0 Å². The second kappa shape index (κ2) is 9.86. The summed E-state index contributed by atoms with van der Waals surface area (Å²) in [7, 11) is -4.07. The zero-order valence-electron chi connectivity index (χ0n) is 18.5. The second-order valence-electron chi connectivity index (χ2n) is 8.51. The van der Waals surface area contributed by atoms with Crippen LogP contribution < -0.4 is 15.4 Å². The van der Waals surface area contributed by atoms with Gasteiger partial charge in [-0.05, 0) is 48.7 Å². The first-order valence-electron chi connectivity index (χ1n) is 11.1. The summed E-state index contributed by atoms with van der Waals surface area (Å²) in [4.78, 5) is 24.0. The highest BCUT2D eigenvalue weighted by atomic mass is 32.2. The number of hydrogen-bond acceptors (Lipinski definition) is 6. The monoisotopic (exact) mass is 511 g/mol. The van der Waals surface area contributed by atoms with Crippen molar-refractivity contribution in [3.8, 4) is 0 Å². The number of halogens is 3. The molecule has 188 valence electrons. The van der Waals surface area contributed by atoms with E-state index in [4.69, 9.17) is 4.74 Å². The number of rotatable bonds is 5. The molecular formula is C23H24F3N3O5S. The Kier molecular flexibility index (Phi) is 7.04. The minimum absolute atomic E-state index is 0.0957. The van der Waals surface area contributed by atoms with Crippen molar-refractivity contribution in [2.24, 2.45) is 0 Å². The van der Waals surface area contributed by atoms with Gasteiger partial charge in [-0.3, -0.25) is 4.79 Å². The molecule has 0 spiro atoms. The van der Waals surface area contributed by atoms with Gasteiger partial charge in [0.15, 0.2) is 6.61 Å². The summed E-state index contributed by atoms with van der Waals surface area (Å²) in [6.07, 6.45) is -0.616. The maximum absolute atomic E-state index is 13.1. The van der Waals surface area contributed by atoms with Crippen molar-refractivity contribution in [3.05, 3.63) is 59.2 Å². The van der Waals surface area contributed by atoms with E-state index < -0.39 is 40.5 Å². The van der Waals surface area contributed by atoms with Gasteiger partial charge in [0.2, 0.25) is 10.0 Å². The molecule has 0 aromatic heterocycles. The van der Waals surface area contributed by atoms with E-state index in [1.807, 2.05) is 0 Å². The molecule has 1 heterocycles. The normalized spacial score (nSPS) is 19.8. The van der Waals surface area contributed by atoms with Gasteiger partial charge in [-0.25, -0.2) is 13.2 Å². The fraction of sp³-hybridized carbons (Fsp3) is 0.391. The Hall–Kier alpha value is -3.12. The van der Waals surface area contributed by atoms with Crippen LogP contribution >= 0.6 is 0 Å². The molecule has 2 aromatic carbocycles. The van der Waals surface area contributed by atoms with Gasteiger partial charge in [-0.15, -0.1) is 0 Å². The number of hydrogen-bond donors (Lipinski definition) is 3. The molecule has 4 rings (SSSR count). The fourth-order valence-electron chi connectivity index (χ4n) is 4.15. The van der Waals surface area contributed by atoms with Crippen molar-refractivity contribution < 1.29 is 35.9 Å². The number of benzene rings is 2. The van der Waals surface area contributed by atoms with Gasteiger partial charge in [0, 0.05) is 6.04 Å². The molecule has 1 aliphatic carbocycles. The minimum Gasteiger partial charge on any atom is -0.452 e. The van der Waals surface area contributed by atoms with E-state index >= 15 is 0 Å². The summed E-state index contributed by atoms with van der Waals surface area (Å²) < 4.78 is 71.7. The zero-order chi connectivity index (χ0) is 25.2. The van der Waals surface area contributed by atoms with Crippen molar-refractivity contribution in [2.45, 2.75) is 55.4 Å². The van der Waals surface area contributed by atoms with E-state index in [2.05, 4.69) is 15.4 Å². The lowest BCUT2D eigenvalue weighted by atomic mass is 9.95. The maximum atomic E-state index is 13.1. The highest BCUT2D eigenvalue weighted by Gasteiger charge is 2.35. The van der Waals surface area contributed by atoms with E-state index in [1.165, 1.54) is 24.3 Å². The van der Waals surface area contributed by atoms with Gasteiger partial charge in [-0.2, -0.15) is 17.9 Å². The molecule has 1 saturated carbocycles. The van der Waals surface area contributed by atoms with Crippen LogP contribution in [0.25, 0.3) is 0 Å². The minimum atomic E-state index is -4.63. The molecule has 2 aliphatic rings. The van der Waals surface area contributed by atoms with Crippen molar-refractivity contribution in [1.82, 2.24) is 10.0 Å². The van der Waals surface area contributed by atoms with Crippen LogP contribution in [-0.4, -0.2) is 32.9 Å². The number of fused-ring (bicyclic) bond motifs is 1. The second-order valence-corrected chi connectivity index (χ2v) is 10.2. The molecule has 0 radical (unpaired) electrons. The molecular weight excluding hydrogens is 487 g/mol. The van der Waals surface area contributed by atoms with Crippen molar-refractivity contribution in [2.75, 3.05) is 11.9 Å². The average molecular weight is 512 g/mol. The summed E-state index contributed by atoms with van der Waals surface area (Å²) in [6.45, 7) is -0.417. The molecule has 3 N–H and O–H groups in total. The largest absolute Gasteiger partial charge is 0.452 e. The Bertz CT molecular complexity index is 1210. The Morgan fingerprint density at radius 3 is 2.37 bits per heavy atom. The van der Waals surface area contributed by atoms with E-state index in [0.717, 1.165) is 44.2 Å². The number of ether oxygens (including phenoxy) is 1. The van der Waals surface area contributed by atoms with Crippen LogP contribution in [0.5, 0.6) is 0 Å². The Morgan fingerprint density at radius 2 is 1.71 bits per heavy atom. The van der Waals surface area contributed by atoms with Crippen LogP contribution in [-0.2, 0) is 25.7 Å². The molecule has 1 aliphatic heterocycles. The van der Waals surface area contributed by atoms with Gasteiger partial charge in [-0.1, -0.05) is 31.4 Å². The van der Waals surface area contributed by atoms with E-state index in [1.54, 1.807) is 0 Å². The molecule has 2 aromatic rings. The number of nitrogens with one attached hydrogen (secondary N) is 3. The van der Waals surface area contributed by atoms with E-state index in [0.29, 0.717) is 11.6 Å². The summed E-state index contributed by atoms with van der Waals surface area (Å²) in [5.74, 6) is -1.10. The number of amides is 1. The maximum Gasteiger partial charge on any atom is 0.416 e. The average Bonchev–Trinajstić information content (AvgIpc) is 2.82. The SMILES string of the molecule is O=C(COC(=O)c1ccc(C2Nc3cc(C(F)(F)F)ccc3S(=O)(=O)N2)cc1)NC1CCCCC1. The molecule has 1 unspecified atom stereocenters. The number of sulfonamides is 1. The van der Waals surface area contributed by atoms with E-state index in [-0.39, 0.29) is 28.1 Å². The number of esters is 1. The summed E-state index contributed by atoms with van der Waals surface area (Å²) in [6, 6.07) is 8.09. The van der Waals surface area contributed by atoms with Crippen LogP contribution in [0.15, 0.2) is 47.4 Å². The molecule has 1 atom stereocenters. The van der Waals surface area contributed by atoms with Crippen LogP contribution in [0, 0.1) is 0 Å². The Morgan fingerprint density at radius 1 is 1.03 bits per heavy atom. The smallest absolute Gasteiger partial charge is 0.416 e. The van der Waals surface area contributed by atoms with Crippen LogP contribution in [0.3, 0.4) is 0 Å². The van der Waals surface area contributed by atoms with Crippen LogP contribution in [0.1, 0.15) is 59.8 Å². The third-order valence-corrected chi connectivity index (χ3v) is 7.43. The first-order chi connectivity index (χ1) is 16.5. The van der Waals surface area contributed by atoms with Gasteiger partial charge < -0.3 is 15.4 Å². The number of anilines is 1. The number of carbonyl (C=O) groups excluding carboxylic acids is 2. The van der Waals surface area contributed by atoms with Crippen molar-refractivity contribution >= 4 is 27.6 Å². The summed E-state index contributed by atoms with van der Waals surface area (Å²) >= 11 is 0. The zero-order valence-corrected chi connectivity index (χ0v) is 19.3. The lowest BCUT2D eigenvalue weighted by Gasteiger charge is -2.29. The molecule has 0 bridgehead atoms. The quantitative estimate of drug-likeness (QED) is 0.528. The molecule has 1 fully saturated rings. The Labute approximate surface area is 200 Å². The van der Waals surface area contributed by atoms with Crippen LogP contribution in [0.2, 0.25) is 0 Å².